The molecule has 1 rings (SSSR count). The van der Waals surface area contributed by atoms with Gasteiger partial charge in [-0.3, -0.25) is 4.79 Å². The van der Waals surface area contributed by atoms with Crippen molar-refractivity contribution in [3.63, 3.8) is 0 Å². The first-order valence-electron chi connectivity index (χ1n) is 5.42. The molecule has 0 aromatic heterocycles. The molecule has 0 radical (unpaired) electrons. The van der Waals surface area contributed by atoms with Crippen molar-refractivity contribution in [1.82, 2.24) is 0 Å². The summed E-state index contributed by atoms with van der Waals surface area (Å²) in [4.78, 5) is 21.4. The van der Waals surface area contributed by atoms with Gasteiger partial charge in [0.2, 0.25) is 0 Å². The Hall–Kier alpha value is -1.84. The van der Waals surface area contributed by atoms with Gasteiger partial charge in [0.05, 0.1) is 0 Å². The van der Waals surface area contributed by atoms with E-state index in [0.29, 0.717) is 12.7 Å². The topological polar surface area (TPSA) is 69.4 Å². The zero-order chi connectivity index (χ0) is 12.9. The van der Waals surface area contributed by atoms with Gasteiger partial charge in [-0.05, 0) is 11.0 Å². The maximum atomic E-state index is 10.8. The quantitative estimate of drug-likeness (QED) is 0.794. The number of rotatable bonds is 5. The maximum Gasteiger partial charge on any atom is 0.405 e. The normalized spacial score (nSPS) is 12.8. The molecule has 0 bridgehead atoms. The van der Waals surface area contributed by atoms with Crippen molar-refractivity contribution in [3.8, 4) is 0 Å². The highest BCUT2D eigenvalue weighted by molar-refractivity contribution is 5.69. The van der Waals surface area contributed by atoms with Crippen LogP contribution in [0.25, 0.3) is 0 Å². The van der Waals surface area contributed by atoms with Crippen molar-refractivity contribution in [3.05, 3.63) is 35.9 Å². The summed E-state index contributed by atoms with van der Waals surface area (Å²) in [6.07, 6.45) is -0.715. The molecular weight excluding hydrogens is 218 g/mol. The Labute approximate surface area is 101 Å². The van der Waals surface area contributed by atoms with E-state index in [1.54, 1.807) is 0 Å². The third-order valence-corrected chi connectivity index (χ3v) is 2.69. The van der Waals surface area contributed by atoms with Crippen LogP contribution in [0, 0.1) is 0 Å². The number of hydrogen-bond acceptors (Lipinski definition) is 3. The molecule has 1 atom stereocenters. The van der Waals surface area contributed by atoms with Crippen LogP contribution in [0.2, 0.25) is 0 Å². The zero-order valence-electron chi connectivity index (χ0n) is 10.1. The molecule has 0 aliphatic heterocycles. The van der Waals surface area contributed by atoms with Crippen LogP contribution in [0.3, 0.4) is 0 Å². The molecule has 0 spiro atoms. The summed E-state index contributed by atoms with van der Waals surface area (Å²) in [7, 11) is 0. The molecule has 4 nitrogen and oxygen atoms in total. The molecule has 0 fully saturated rings. The van der Waals surface area contributed by atoms with E-state index in [1.807, 2.05) is 44.2 Å². The number of hydrogen-bond donors (Lipinski definition) is 1. The van der Waals surface area contributed by atoms with Crippen molar-refractivity contribution in [1.29, 1.82) is 0 Å². The lowest BCUT2D eigenvalue weighted by molar-refractivity contribution is -0.115. The number of aldehydes is 1. The highest BCUT2D eigenvalue weighted by atomic mass is 16.6. The first kappa shape index (κ1) is 13.2. The van der Waals surface area contributed by atoms with Crippen molar-refractivity contribution >= 4 is 12.4 Å². The van der Waals surface area contributed by atoms with Gasteiger partial charge in [-0.15, -0.1) is 0 Å². The van der Waals surface area contributed by atoms with Gasteiger partial charge in [0.15, 0.2) is 12.4 Å². The molecule has 92 valence electrons. The number of ether oxygens (including phenoxy) is 1. The second-order valence-corrected chi connectivity index (χ2v) is 4.57. The van der Waals surface area contributed by atoms with Crippen LogP contribution in [0.4, 0.5) is 4.79 Å². The molecule has 1 aromatic rings. The van der Waals surface area contributed by atoms with Crippen LogP contribution in [0.5, 0.6) is 0 Å². The fourth-order valence-corrected chi connectivity index (χ4v) is 1.78. The SMILES string of the molecule is CC(C)(C[C@@H](C=O)OC(N)=O)c1ccccc1. The van der Waals surface area contributed by atoms with Crippen LogP contribution in [-0.2, 0) is 14.9 Å². The Morgan fingerprint density at radius 2 is 2.00 bits per heavy atom. The van der Waals surface area contributed by atoms with Crippen molar-refractivity contribution < 1.29 is 14.3 Å². The highest BCUT2D eigenvalue weighted by Gasteiger charge is 2.26. The number of benzene rings is 1. The van der Waals surface area contributed by atoms with E-state index >= 15 is 0 Å². The summed E-state index contributed by atoms with van der Waals surface area (Å²) < 4.78 is 4.73. The van der Waals surface area contributed by atoms with Gasteiger partial charge in [0.25, 0.3) is 0 Å². The van der Waals surface area contributed by atoms with Gasteiger partial charge in [-0.25, -0.2) is 4.79 Å². The predicted molar refractivity (Wildman–Crippen MR) is 64.6 cm³/mol. The Morgan fingerprint density at radius 3 is 2.47 bits per heavy atom. The number of carbonyl (C=O) groups excluding carboxylic acids is 2. The smallest absolute Gasteiger partial charge is 0.405 e. The van der Waals surface area contributed by atoms with Gasteiger partial charge in [-0.2, -0.15) is 0 Å². The fraction of sp³-hybridized carbons (Fsp3) is 0.385. The summed E-state index contributed by atoms with van der Waals surface area (Å²) in [6, 6.07) is 9.75. The molecule has 0 heterocycles. The summed E-state index contributed by atoms with van der Waals surface area (Å²) in [6.45, 7) is 3.98. The van der Waals surface area contributed by atoms with Gasteiger partial charge >= 0.3 is 6.09 Å². The van der Waals surface area contributed by atoms with Gasteiger partial charge in [0.1, 0.15) is 0 Å². The molecule has 4 heteroatoms. The number of primary amides is 1. The first-order chi connectivity index (χ1) is 7.95. The molecule has 0 saturated heterocycles. The molecular formula is C13H17NO3. The van der Waals surface area contributed by atoms with Gasteiger partial charge in [0, 0.05) is 6.42 Å². The van der Waals surface area contributed by atoms with Gasteiger partial charge in [-0.1, -0.05) is 44.2 Å². The lowest BCUT2D eigenvalue weighted by Gasteiger charge is -2.27. The van der Waals surface area contributed by atoms with E-state index in [4.69, 9.17) is 10.5 Å². The molecule has 0 aliphatic rings. The summed E-state index contributed by atoms with van der Waals surface area (Å²) in [5.74, 6) is 0. The zero-order valence-corrected chi connectivity index (χ0v) is 10.1. The van der Waals surface area contributed by atoms with E-state index < -0.39 is 12.2 Å². The molecule has 0 saturated carbocycles. The Morgan fingerprint density at radius 1 is 1.41 bits per heavy atom. The van der Waals surface area contributed by atoms with Crippen LogP contribution in [0.15, 0.2) is 30.3 Å². The Bertz CT molecular complexity index is 387. The maximum absolute atomic E-state index is 10.8. The molecule has 0 aliphatic carbocycles. The largest absolute Gasteiger partial charge is 0.439 e. The first-order valence-corrected chi connectivity index (χ1v) is 5.42. The Balaban J connectivity index is 2.77. The third-order valence-electron chi connectivity index (χ3n) is 2.69. The van der Waals surface area contributed by atoms with Crippen molar-refractivity contribution in [2.75, 3.05) is 0 Å². The number of nitrogens with two attached hydrogens (primary N) is 1. The minimum atomic E-state index is -0.925. The molecule has 1 amide bonds. The second kappa shape index (κ2) is 5.48. The highest BCUT2D eigenvalue weighted by Crippen LogP contribution is 2.28. The van der Waals surface area contributed by atoms with E-state index in [-0.39, 0.29) is 5.41 Å². The molecule has 0 unspecified atom stereocenters. The van der Waals surface area contributed by atoms with E-state index in [1.165, 1.54) is 0 Å². The molecule has 2 N–H and O–H groups in total. The fourth-order valence-electron chi connectivity index (χ4n) is 1.78. The molecule has 1 aromatic carbocycles. The minimum Gasteiger partial charge on any atom is -0.439 e. The number of amides is 1. The second-order valence-electron chi connectivity index (χ2n) is 4.57. The van der Waals surface area contributed by atoms with Crippen LogP contribution < -0.4 is 5.73 Å². The van der Waals surface area contributed by atoms with Gasteiger partial charge < -0.3 is 10.5 Å². The summed E-state index contributed by atoms with van der Waals surface area (Å²) in [5.41, 5.74) is 5.73. The number of carbonyl (C=O) groups is 2. The van der Waals surface area contributed by atoms with E-state index in [2.05, 4.69) is 0 Å². The van der Waals surface area contributed by atoms with Crippen molar-refractivity contribution in [2.45, 2.75) is 31.8 Å². The average Bonchev–Trinajstić information content (AvgIpc) is 2.28. The predicted octanol–water partition coefficient (Wildman–Crippen LogP) is 2.02. The van der Waals surface area contributed by atoms with Crippen LogP contribution in [-0.4, -0.2) is 18.5 Å². The minimum absolute atomic E-state index is 0.262. The lowest BCUT2D eigenvalue weighted by Crippen LogP contribution is -2.31. The van der Waals surface area contributed by atoms with E-state index in [9.17, 15) is 9.59 Å². The summed E-state index contributed by atoms with van der Waals surface area (Å²) in [5, 5.41) is 0. The van der Waals surface area contributed by atoms with Crippen LogP contribution in [0.1, 0.15) is 25.8 Å². The standard InChI is InChI=1S/C13H17NO3/c1-13(2,10-6-4-3-5-7-10)8-11(9-15)17-12(14)16/h3-7,9,11H,8H2,1-2H3,(H2,14,16)/t11-/m0/s1. The summed E-state index contributed by atoms with van der Waals surface area (Å²) >= 11 is 0. The average molecular weight is 235 g/mol. The monoisotopic (exact) mass is 235 g/mol. The van der Waals surface area contributed by atoms with E-state index in [0.717, 1.165) is 5.56 Å². The lowest BCUT2D eigenvalue weighted by atomic mass is 9.80. The molecule has 17 heavy (non-hydrogen) atoms. The third kappa shape index (κ3) is 3.90. The van der Waals surface area contributed by atoms with Crippen LogP contribution >= 0.6 is 0 Å². The van der Waals surface area contributed by atoms with Crippen molar-refractivity contribution in [2.24, 2.45) is 5.73 Å². The Kier molecular flexibility index (Phi) is 4.26.